The first-order chi connectivity index (χ1) is 14.1. The normalized spacial score (nSPS) is 10.6. The van der Waals surface area contributed by atoms with Gasteiger partial charge in [0.25, 0.3) is 0 Å². The van der Waals surface area contributed by atoms with Crippen molar-refractivity contribution in [2.45, 2.75) is 0 Å². The van der Waals surface area contributed by atoms with Crippen molar-refractivity contribution in [2.24, 2.45) is 0 Å². The first kappa shape index (κ1) is 18.6. The number of benzene rings is 3. The summed E-state index contributed by atoms with van der Waals surface area (Å²) in [5, 5.41) is 5.20. The fourth-order valence-electron chi connectivity index (χ4n) is 2.65. The van der Waals surface area contributed by atoms with Gasteiger partial charge in [-0.05, 0) is 42.5 Å². The minimum absolute atomic E-state index is 0.0134. The smallest absolute Gasteiger partial charge is 0.323 e. The molecule has 29 heavy (non-hydrogen) atoms. The number of aromatic nitrogens is 2. The molecule has 2 N–H and O–H groups in total. The summed E-state index contributed by atoms with van der Waals surface area (Å²) in [5.41, 5.74) is 2.28. The van der Waals surface area contributed by atoms with E-state index in [-0.39, 0.29) is 10.7 Å². The fourth-order valence-corrected chi connectivity index (χ4v) is 2.76. The van der Waals surface area contributed by atoms with Gasteiger partial charge >= 0.3 is 6.03 Å². The van der Waals surface area contributed by atoms with Crippen LogP contribution in [0.25, 0.3) is 11.0 Å². The minimum Gasteiger partial charge on any atom is -0.457 e. The van der Waals surface area contributed by atoms with E-state index in [9.17, 15) is 9.18 Å². The van der Waals surface area contributed by atoms with Gasteiger partial charge in [0.1, 0.15) is 17.3 Å². The van der Waals surface area contributed by atoms with E-state index in [0.717, 1.165) is 11.6 Å². The number of nitrogens with zero attached hydrogens (tertiary/aromatic N) is 2. The Hall–Kier alpha value is -3.71. The number of amides is 2. The first-order valence-electron chi connectivity index (χ1n) is 8.58. The van der Waals surface area contributed by atoms with Crippen LogP contribution < -0.4 is 15.4 Å². The second kappa shape index (κ2) is 8.12. The van der Waals surface area contributed by atoms with Crippen LogP contribution in [0.4, 0.5) is 20.6 Å². The number of carbonyl (C=O) groups is 1. The van der Waals surface area contributed by atoms with Crippen molar-refractivity contribution in [2.75, 3.05) is 10.6 Å². The van der Waals surface area contributed by atoms with Gasteiger partial charge in [0.15, 0.2) is 0 Å². The molecular weight excluding hydrogens is 395 g/mol. The number of halogens is 2. The van der Waals surface area contributed by atoms with Crippen LogP contribution in [0.5, 0.6) is 11.5 Å². The lowest BCUT2D eigenvalue weighted by Gasteiger charge is -2.10. The minimum atomic E-state index is -0.611. The Morgan fingerprint density at radius 1 is 0.862 bits per heavy atom. The number of carbonyl (C=O) groups excluding carboxylic acids is 1. The molecule has 2 amide bonds. The number of urea groups is 1. The van der Waals surface area contributed by atoms with Gasteiger partial charge in [0.2, 0.25) is 0 Å². The number of ether oxygens (including phenoxy) is 1. The summed E-state index contributed by atoms with van der Waals surface area (Å²) in [7, 11) is 0. The lowest BCUT2D eigenvalue weighted by Crippen LogP contribution is -2.19. The molecule has 1 aromatic heterocycles. The highest BCUT2D eigenvalue weighted by atomic mass is 35.5. The Labute approximate surface area is 170 Å². The van der Waals surface area contributed by atoms with Crippen LogP contribution in [-0.2, 0) is 0 Å². The van der Waals surface area contributed by atoms with Crippen molar-refractivity contribution >= 4 is 40.0 Å². The highest BCUT2D eigenvalue weighted by molar-refractivity contribution is 6.30. The van der Waals surface area contributed by atoms with E-state index in [1.54, 1.807) is 48.8 Å². The molecule has 0 saturated carbocycles. The van der Waals surface area contributed by atoms with E-state index in [2.05, 4.69) is 20.6 Å². The molecule has 4 aromatic rings. The number of fused-ring (bicyclic) bond motifs is 1. The van der Waals surface area contributed by atoms with Crippen LogP contribution >= 0.6 is 11.6 Å². The van der Waals surface area contributed by atoms with Gasteiger partial charge in [-0.1, -0.05) is 17.7 Å². The van der Waals surface area contributed by atoms with E-state index in [1.807, 2.05) is 6.07 Å². The van der Waals surface area contributed by atoms with Crippen LogP contribution in [0.2, 0.25) is 5.02 Å². The van der Waals surface area contributed by atoms with Gasteiger partial charge in [0.05, 0.1) is 16.1 Å². The van der Waals surface area contributed by atoms with Gasteiger partial charge in [-0.2, -0.15) is 0 Å². The molecule has 3 aromatic carbocycles. The van der Waals surface area contributed by atoms with Gasteiger partial charge in [-0.25, -0.2) is 9.18 Å². The maximum absolute atomic E-state index is 13.5. The largest absolute Gasteiger partial charge is 0.457 e. The lowest BCUT2D eigenvalue weighted by molar-refractivity contribution is 0.262. The van der Waals surface area contributed by atoms with Crippen LogP contribution in [0.1, 0.15) is 0 Å². The molecule has 0 unspecified atom stereocenters. The van der Waals surface area contributed by atoms with Gasteiger partial charge in [0, 0.05) is 35.9 Å². The van der Waals surface area contributed by atoms with E-state index < -0.39 is 11.8 Å². The zero-order valence-corrected chi connectivity index (χ0v) is 15.7. The molecule has 0 bridgehead atoms. The summed E-state index contributed by atoms with van der Waals surface area (Å²) in [6, 6.07) is 15.8. The number of nitrogens with one attached hydrogen (secondary N) is 2. The van der Waals surface area contributed by atoms with E-state index in [1.165, 1.54) is 12.1 Å². The van der Waals surface area contributed by atoms with Crippen LogP contribution in [0.15, 0.2) is 73.1 Å². The van der Waals surface area contributed by atoms with Gasteiger partial charge in [-0.3, -0.25) is 9.97 Å². The average molecular weight is 409 g/mol. The Bertz CT molecular complexity index is 1200. The number of rotatable bonds is 4. The molecule has 144 valence electrons. The molecule has 8 heteroatoms. The zero-order chi connectivity index (χ0) is 20.2. The van der Waals surface area contributed by atoms with Crippen molar-refractivity contribution in [3.63, 3.8) is 0 Å². The lowest BCUT2D eigenvalue weighted by atomic mass is 10.2. The maximum atomic E-state index is 13.5. The summed E-state index contributed by atoms with van der Waals surface area (Å²) in [5.74, 6) is 0.514. The highest BCUT2D eigenvalue weighted by Crippen LogP contribution is 2.26. The SMILES string of the molecule is O=C(Nc1cccc(Oc2ccc3nccnc3c2)c1)Nc1ccc(Cl)c(F)c1. The number of hydrogen-bond acceptors (Lipinski definition) is 4. The number of hydrogen-bond donors (Lipinski definition) is 2. The fraction of sp³-hybridized carbons (Fsp3) is 0. The van der Waals surface area contributed by atoms with E-state index in [0.29, 0.717) is 22.7 Å². The van der Waals surface area contributed by atoms with Crippen molar-refractivity contribution in [3.8, 4) is 11.5 Å². The third-order valence-corrected chi connectivity index (χ3v) is 4.25. The molecule has 0 aliphatic rings. The quantitative estimate of drug-likeness (QED) is 0.443. The molecule has 0 spiro atoms. The average Bonchev–Trinajstić information content (AvgIpc) is 2.71. The Morgan fingerprint density at radius 2 is 1.59 bits per heavy atom. The third kappa shape index (κ3) is 4.59. The second-order valence-corrected chi connectivity index (χ2v) is 6.45. The summed E-state index contributed by atoms with van der Waals surface area (Å²) in [6.07, 6.45) is 3.24. The molecule has 0 atom stereocenters. The number of anilines is 2. The Balaban J connectivity index is 1.44. The van der Waals surface area contributed by atoms with E-state index >= 15 is 0 Å². The van der Waals surface area contributed by atoms with Crippen LogP contribution in [-0.4, -0.2) is 16.0 Å². The monoisotopic (exact) mass is 408 g/mol. The van der Waals surface area contributed by atoms with Crippen molar-refractivity contribution < 1.29 is 13.9 Å². The standard InChI is InChI=1S/C21H14ClFN4O2/c22-17-6-4-14(11-18(17)23)27-21(28)26-13-2-1-3-15(10-13)29-16-5-7-19-20(12-16)25-9-8-24-19/h1-12H,(H2,26,27,28). The van der Waals surface area contributed by atoms with Crippen molar-refractivity contribution in [3.05, 3.63) is 83.9 Å². The molecule has 0 radical (unpaired) electrons. The maximum Gasteiger partial charge on any atom is 0.323 e. The van der Waals surface area contributed by atoms with Crippen LogP contribution in [0.3, 0.4) is 0 Å². The zero-order valence-electron chi connectivity index (χ0n) is 14.9. The molecule has 0 aliphatic heterocycles. The van der Waals surface area contributed by atoms with Crippen molar-refractivity contribution in [1.29, 1.82) is 0 Å². The molecule has 0 saturated heterocycles. The summed E-state index contributed by atoms with van der Waals surface area (Å²) < 4.78 is 19.3. The van der Waals surface area contributed by atoms with Crippen molar-refractivity contribution in [1.82, 2.24) is 9.97 Å². The van der Waals surface area contributed by atoms with Crippen LogP contribution in [0, 0.1) is 5.82 Å². The molecular formula is C21H14ClFN4O2. The first-order valence-corrected chi connectivity index (χ1v) is 8.96. The van der Waals surface area contributed by atoms with E-state index in [4.69, 9.17) is 16.3 Å². The Kier molecular flexibility index (Phi) is 5.22. The predicted molar refractivity (Wildman–Crippen MR) is 110 cm³/mol. The predicted octanol–water partition coefficient (Wildman–Crippen LogP) is 5.86. The molecule has 6 nitrogen and oxygen atoms in total. The van der Waals surface area contributed by atoms with Gasteiger partial charge in [-0.15, -0.1) is 0 Å². The molecule has 0 fully saturated rings. The second-order valence-electron chi connectivity index (χ2n) is 6.04. The molecule has 0 aliphatic carbocycles. The summed E-state index contributed by atoms with van der Waals surface area (Å²) in [6.45, 7) is 0. The highest BCUT2D eigenvalue weighted by Gasteiger charge is 2.07. The summed E-state index contributed by atoms with van der Waals surface area (Å²) >= 11 is 5.64. The third-order valence-electron chi connectivity index (χ3n) is 3.95. The topological polar surface area (TPSA) is 76.1 Å². The molecule has 1 heterocycles. The molecule has 4 rings (SSSR count). The summed E-state index contributed by atoms with van der Waals surface area (Å²) in [4.78, 5) is 20.6. The van der Waals surface area contributed by atoms with Gasteiger partial charge < -0.3 is 15.4 Å². The Morgan fingerprint density at radius 3 is 2.38 bits per heavy atom.